The number of aromatic nitrogens is 1. The monoisotopic (exact) mass is 361 g/mol. The predicted octanol–water partition coefficient (Wildman–Crippen LogP) is 3.15. The van der Waals surface area contributed by atoms with Crippen LogP contribution in [0, 0.1) is 0 Å². The maximum Gasteiger partial charge on any atom is 0.329 e. The predicted molar refractivity (Wildman–Crippen MR) is 90.8 cm³/mol. The maximum atomic E-state index is 12.9. The Morgan fingerprint density at radius 3 is 2.60 bits per heavy atom. The largest absolute Gasteiger partial charge is 0.461 e. The Hall–Kier alpha value is -2.67. The standard InChI is InChI=1S/C17H16ClN3O4/c1-17(2,3)20-16(24)21-9-6-7-11(18)19-13(9)12(15(21)23)14(22)10-5-4-8-25-10/h4-8,12H,1-3H3,(H,20,24)/t12-/m1/s1. The first-order chi connectivity index (χ1) is 11.7. The minimum absolute atomic E-state index is 0.0177. The number of halogens is 1. The number of carbonyl (C=O) groups excluding carboxylic acids is 3. The minimum atomic E-state index is -1.27. The Morgan fingerprint density at radius 2 is 2.00 bits per heavy atom. The molecule has 7 nitrogen and oxygen atoms in total. The molecule has 2 aromatic heterocycles. The van der Waals surface area contributed by atoms with Gasteiger partial charge < -0.3 is 9.73 Å². The Labute approximate surface area is 149 Å². The highest BCUT2D eigenvalue weighted by Crippen LogP contribution is 2.39. The number of rotatable bonds is 2. The molecule has 0 bridgehead atoms. The molecule has 1 aliphatic rings. The SMILES string of the molecule is CC(C)(C)NC(=O)N1C(=O)[C@@H](C(=O)c2ccco2)c2nc(Cl)ccc21. The van der Waals surface area contributed by atoms with Crippen LogP contribution in [0.3, 0.4) is 0 Å². The van der Waals surface area contributed by atoms with E-state index in [9.17, 15) is 14.4 Å². The number of urea groups is 1. The lowest BCUT2D eigenvalue weighted by atomic mass is 9.99. The molecule has 0 saturated heterocycles. The molecular formula is C17H16ClN3O4. The third-order valence-corrected chi connectivity index (χ3v) is 3.77. The molecule has 3 heterocycles. The molecule has 1 aliphatic heterocycles. The highest BCUT2D eigenvalue weighted by Gasteiger charge is 2.47. The van der Waals surface area contributed by atoms with E-state index in [0.29, 0.717) is 0 Å². The van der Waals surface area contributed by atoms with Crippen LogP contribution in [-0.4, -0.2) is 28.2 Å². The molecule has 0 radical (unpaired) electrons. The zero-order valence-electron chi connectivity index (χ0n) is 13.9. The Morgan fingerprint density at radius 1 is 1.28 bits per heavy atom. The number of anilines is 1. The van der Waals surface area contributed by atoms with Crippen LogP contribution in [0.1, 0.15) is 42.9 Å². The van der Waals surface area contributed by atoms with Gasteiger partial charge in [0.05, 0.1) is 17.6 Å². The van der Waals surface area contributed by atoms with Crippen molar-refractivity contribution in [2.75, 3.05) is 4.90 Å². The Bertz CT molecular complexity index is 855. The Balaban J connectivity index is 2.05. The van der Waals surface area contributed by atoms with Crippen LogP contribution in [0.2, 0.25) is 5.15 Å². The van der Waals surface area contributed by atoms with E-state index in [4.69, 9.17) is 16.0 Å². The molecule has 0 aliphatic carbocycles. The maximum absolute atomic E-state index is 12.9. The first kappa shape index (κ1) is 17.2. The second-order valence-corrected chi connectivity index (χ2v) is 7.05. The van der Waals surface area contributed by atoms with Crippen molar-refractivity contribution in [2.45, 2.75) is 32.2 Å². The van der Waals surface area contributed by atoms with Gasteiger partial charge in [0.1, 0.15) is 11.1 Å². The van der Waals surface area contributed by atoms with Gasteiger partial charge in [0, 0.05) is 5.54 Å². The van der Waals surface area contributed by atoms with Crippen molar-refractivity contribution in [3.05, 3.63) is 47.1 Å². The summed E-state index contributed by atoms with van der Waals surface area (Å²) in [6.45, 7) is 5.37. The number of pyridine rings is 1. The number of hydrogen-bond acceptors (Lipinski definition) is 5. The van der Waals surface area contributed by atoms with E-state index >= 15 is 0 Å². The quantitative estimate of drug-likeness (QED) is 0.504. The second-order valence-electron chi connectivity index (χ2n) is 6.67. The fourth-order valence-electron chi connectivity index (χ4n) is 2.59. The molecule has 1 N–H and O–H groups in total. The molecule has 8 heteroatoms. The third kappa shape index (κ3) is 3.15. The van der Waals surface area contributed by atoms with E-state index < -0.39 is 29.2 Å². The van der Waals surface area contributed by atoms with Crippen LogP contribution in [0.4, 0.5) is 10.5 Å². The normalized spacial score (nSPS) is 16.7. The summed E-state index contributed by atoms with van der Waals surface area (Å²) < 4.78 is 5.10. The lowest BCUT2D eigenvalue weighted by molar-refractivity contribution is -0.117. The number of fused-ring (bicyclic) bond motifs is 1. The number of imide groups is 1. The van der Waals surface area contributed by atoms with Gasteiger partial charge in [-0.15, -0.1) is 0 Å². The first-order valence-corrected chi connectivity index (χ1v) is 7.97. The van der Waals surface area contributed by atoms with Crippen molar-refractivity contribution in [3.63, 3.8) is 0 Å². The molecule has 25 heavy (non-hydrogen) atoms. The van der Waals surface area contributed by atoms with Gasteiger partial charge in [-0.1, -0.05) is 11.6 Å². The lowest BCUT2D eigenvalue weighted by Gasteiger charge is -2.24. The summed E-state index contributed by atoms with van der Waals surface area (Å²) in [6, 6.07) is 5.34. The molecule has 3 amide bonds. The number of nitrogens with zero attached hydrogens (tertiary/aromatic N) is 2. The van der Waals surface area contributed by atoms with E-state index in [0.717, 1.165) is 4.90 Å². The van der Waals surface area contributed by atoms with Gasteiger partial charge in [0.15, 0.2) is 5.76 Å². The van der Waals surface area contributed by atoms with E-state index in [1.165, 1.54) is 24.5 Å². The smallest absolute Gasteiger partial charge is 0.329 e. The molecule has 130 valence electrons. The van der Waals surface area contributed by atoms with Crippen molar-refractivity contribution in [1.82, 2.24) is 10.3 Å². The van der Waals surface area contributed by atoms with Crippen molar-refractivity contribution < 1.29 is 18.8 Å². The van der Waals surface area contributed by atoms with Gasteiger partial charge in [0.2, 0.25) is 5.78 Å². The van der Waals surface area contributed by atoms with E-state index in [-0.39, 0.29) is 22.3 Å². The van der Waals surface area contributed by atoms with Gasteiger partial charge in [-0.05, 0) is 45.0 Å². The highest BCUT2D eigenvalue weighted by atomic mass is 35.5. The second kappa shape index (κ2) is 6.00. The lowest BCUT2D eigenvalue weighted by Crippen LogP contribution is -2.50. The van der Waals surface area contributed by atoms with E-state index in [1.807, 2.05) is 0 Å². The number of hydrogen-bond donors (Lipinski definition) is 1. The molecule has 0 saturated carbocycles. The molecular weight excluding hydrogens is 346 g/mol. The van der Waals surface area contributed by atoms with Crippen molar-refractivity contribution in [2.24, 2.45) is 0 Å². The number of nitrogens with one attached hydrogen (secondary N) is 1. The van der Waals surface area contributed by atoms with Gasteiger partial charge in [-0.2, -0.15) is 0 Å². The van der Waals surface area contributed by atoms with Crippen LogP contribution in [0.15, 0.2) is 34.9 Å². The molecule has 0 fully saturated rings. The van der Waals surface area contributed by atoms with Gasteiger partial charge in [0.25, 0.3) is 5.91 Å². The number of ketones is 1. The molecule has 0 spiro atoms. The van der Waals surface area contributed by atoms with E-state index in [1.54, 1.807) is 26.8 Å². The first-order valence-electron chi connectivity index (χ1n) is 7.59. The summed E-state index contributed by atoms with van der Waals surface area (Å²) in [5.41, 5.74) is -0.176. The minimum Gasteiger partial charge on any atom is -0.461 e. The van der Waals surface area contributed by atoms with E-state index in [2.05, 4.69) is 10.3 Å². The van der Waals surface area contributed by atoms with Crippen LogP contribution < -0.4 is 10.2 Å². The van der Waals surface area contributed by atoms with Crippen molar-refractivity contribution >= 4 is 35.0 Å². The third-order valence-electron chi connectivity index (χ3n) is 3.56. The van der Waals surface area contributed by atoms with Crippen LogP contribution in [0.5, 0.6) is 0 Å². The van der Waals surface area contributed by atoms with Gasteiger partial charge >= 0.3 is 6.03 Å². The number of amides is 3. The average Bonchev–Trinajstić information content (AvgIpc) is 3.10. The fourth-order valence-corrected chi connectivity index (χ4v) is 2.75. The van der Waals surface area contributed by atoms with Crippen LogP contribution in [0.25, 0.3) is 0 Å². The summed E-state index contributed by atoms with van der Waals surface area (Å²) >= 11 is 5.92. The molecule has 1 atom stereocenters. The average molecular weight is 362 g/mol. The van der Waals surface area contributed by atoms with Gasteiger partial charge in [-0.25, -0.2) is 14.7 Å². The summed E-state index contributed by atoms with van der Waals surface area (Å²) in [7, 11) is 0. The fraction of sp³-hybridized carbons (Fsp3) is 0.294. The highest BCUT2D eigenvalue weighted by molar-refractivity contribution is 6.31. The summed E-state index contributed by atoms with van der Waals surface area (Å²) in [5.74, 6) is -2.51. The zero-order valence-corrected chi connectivity index (χ0v) is 14.6. The van der Waals surface area contributed by atoms with Gasteiger partial charge in [-0.3, -0.25) is 9.59 Å². The van der Waals surface area contributed by atoms with Crippen LogP contribution in [-0.2, 0) is 4.79 Å². The molecule has 0 aromatic carbocycles. The summed E-state index contributed by atoms with van der Waals surface area (Å²) in [5, 5.41) is 2.84. The van der Waals surface area contributed by atoms with Crippen molar-refractivity contribution in [3.8, 4) is 0 Å². The Kier molecular flexibility index (Phi) is 4.12. The summed E-state index contributed by atoms with van der Waals surface area (Å²) in [6.07, 6.45) is 1.34. The topological polar surface area (TPSA) is 92.5 Å². The number of furan rings is 1. The van der Waals surface area contributed by atoms with Crippen LogP contribution >= 0.6 is 11.6 Å². The van der Waals surface area contributed by atoms with Crippen molar-refractivity contribution in [1.29, 1.82) is 0 Å². The zero-order chi connectivity index (χ0) is 18.4. The molecule has 3 rings (SSSR count). The summed E-state index contributed by atoms with van der Waals surface area (Å²) in [4.78, 5) is 43.2. The molecule has 2 aromatic rings. The molecule has 0 unspecified atom stereocenters. The number of Topliss-reactive ketones (excluding diaryl/α,β-unsaturated/α-hetero) is 1. The number of carbonyl (C=O) groups is 3.